The molecule has 27 heavy (non-hydrogen) atoms. The number of amides is 1. The van der Waals surface area contributed by atoms with Gasteiger partial charge < -0.3 is 14.6 Å². The third-order valence-corrected chi connectivity index (χ3v) is 6.63. The summed E-state index contributed by atoms with van der Waals surface area (Å²) in [7, 11) is -3.86. The lowest BCUT2D eigenvalue weighted by Gasteiger charge is -2.23. The number of sulfonamides is 1. The number of carbonyl (C=O) groups excluding carboxylic acids is 1. The third-order valence-electron chi connectivity index (χ3n) is 4.47. The Bertz CT molecular complexity index is 901. The molecule has 8 nitrogen and oxygen atoms in total. The topological polar surface area (TPSA) is 102 Å². The monoisotopic (exact) mass is 393 g/mol. The van der Waals surface area contributed by atoms with Crippen LogP contribution < -0.4 is 10.1 Å². The van der Waals surface area contributed by atoms with Crippen molar-refractivity contribution in [1.29, 1.82) is 0 Å². The molecular weight excluding hydrogens is 370 g/mol. The zero-order chi connectivity index (χ0) is 19.6. The van der Waals surface area contributed by atoms with Crippen molar-refractivity contribution in [3.8, 4) is 5.75 Å². The fraction of sp³-hybridized carbons (Fsp3) is 0.444. The first-order valence-electron chi connectivity index (χ1n) is 8.83. The highest BCUT2D eigenvalue weighted by Gasteiger charge is 2.41. The summed E-state index contributed by atoms with van der Waals surface area (Å²) >= 11 is 0. The van der Waals surface area contributed by atoms with Crippen LogP contribution in [0.2, 0.25) is 0 Å². The number of nitrogens with zero attached hydrogens (tertiary/aromatic N) is 2. The molecule has 146 valence electrons. The van der Waals surface area contributed by atoms with Gasteiger partial charge in [-0.1, -0.05) is 5.16 Å². The van der Waals surface area contributed by atoms with E-state index in [2.05, 4.69) is 10.5 Å². The first kappa shape index (κ1) is 19.4. The van der Waals surface area contributed by atoms with E-state index in [-0.39, 0.29) is 23.1 Å². The zero-order valence-corrected chi connectivity index (χ0v) is 16.4. The predicted molar refractivity (Wildman–Crippen MR) is 99.1 cm³/mol. The fourth-order valence-electron chi connectivity index (χ4n) is 3.28. The van der Waals surface area contributed by atoms with E-state index in [4.69, 9.17) is 9.26 Å². The van der Waals surface area contributed by atoms with E-state index >= 15 is 0 Å². The molecular formula is C18H23N3O5S. The van der Waals surface area contributed by atoms with Crippen molar-refractivity contribution < 1.29 is 22.5 Å². The number of benzene rings is 1. The number of hydrogen-bond acceptors (Lipinski definition) is 6. The Morgan fingerprint density at radius 3 is 2.63 bits per heavy atom. The molecule has 1 aromatic carbocycles. The van der Waals surface area contributed by atoms with Gasteiger partial charge in [-0.25, -0.2) is 8.42 Å². The van der Waals surface area contributed by atoms with E-state index < -0.39 is 16.1 Å². The normalized spacial score (nSPS) is 17.8. The van der Waals surface area contributed by atoms with E-state index in [0.717, 1.165) is 0 Å². The van der Waals surface area contributed by atoms with Crippen molar-refractivity contribution >= 4 is 21.6 Å². The van der Waals surface area contributed by atoms with Gasteiger partial charge in [0, 0.05) is 12.2 Å². The van der Waals surface area contributed by atoms with E-state index in [1.54, 1.807) is 38.1 Å². The molecule has 0 radical (unpaired) electrons. The van der Waals surface area contributed by atoms with Gasteiger partial charge in [0.1, 0.15) is 22.4 Å². The quantitative estimate of drug-likeness (QED) is 0.809. The average Bonchev–Trinajstić information content (AvgIpc) is 3.24. The summed E-state index contributed by atoms with van der Waals surface area (Å²) in [5, 5.41) is 6.51. The lowest BCUT2D eigenvalue weighted by molar-refractivity contribution is -0.119. The van der Waals surface area contributed by atoms with Crippen LogP contribution in [0, 0.1) is 13.8 Å². The van der Waals surface area contributed by atoms with E-state index in [9.17, 15) is 13.2 Å². The number of nitrogens with one attached hydrogen (secondary N) is 1. The lowest BCUT2D eigenvalue weighted by Crippen LogP contribution is -2.43. The molecule has 9 heteroatoms. The molecule has 0 spiro atoms. The molecule has 0 bridgehead atoms. The second-order valence-electron chi connectivity index (χ2n) is 6.37. The van der Waals surface area contributed by atoms with Gasteiger partial charge in [-0.05, 0) is 57.9 Å². The van der Waals surface area contributed by atoms with Crippen LogP contribution >= 0.6 is 0 Å². The zero-order valence-electron chi connectivity index (χ0n) is 15.6. The van der Waals surface area contributed by atoms with Crippen LogP contribution in [0.5, 0.6) is 5.75 Å². The maximum atomic E-state index is 13.1. The summed E-state index contributed by atoms with van der Waals surface area (Å²) in [5.74, 6) is 0.580. The van der Waals surface area contributed by atoms with Crippen LogP contribution in [-0.2, 0) is 14.8 Å². The standard InChI is InChI=1S/C18H23N3O5S/c1-4-25-15-9-7-14(8-10-15)19-18(22)16-6-5-11-21(16)27(23,24)17-12(2)20-26-13(17)3/h7-10,16H,4-6,11H2,1-3H3,(H,19,22)/t16-/m1/s1. The summed E-state index contributed by atoms with van der Waals surface area (Å²) in [4.78, 5) is 12.8. The molecule has 1 amide bonds. The first-order chi connectivity index (χ1) is 12.8. The molecule has 1 aromatic heterocycles. The van der Waals surface area contributed by atoms with Crippen molar-refractivity contribution in [3.63, 3.8) is 0 Å². The molecule has 1 atom stereocenters. The fourth-order valence-corrected chi connectivity index (χ4v) is 5.23. The molecule has 2 aromatic rings. The van der Waals surface area contributed by atoms with Gasteiger partial charge in [0.05, 0.1) is 6.61 Å². The number of hydrogen-bond donors (Lipinski definition) is 1. The van der Waals surface area contributed by atoms with Gasteiger partial charge in [0.2, 0.25) is 15.9 Å². The Labute approximate surface area is 158 Å². The molecule has 1 aliphatic rings. The van der Waals surface area contributed by atoms with E-state index in [1.807, 2.05) is 6.92 Å². The van der Waals surface area contributed by atoms with Crippen molar-refractivity contribution in [2.75, 3.05) is 18.5 Å². The molecule has 1 saturated heterocycles. The number of ether oxygens (including phenoxy) is 1. The van der Waals surface area contributed by atoms with Crippen LogP contribution in [0.1, 0.15) is 31.2 Å². The van der Waals surface area contributed by atoms with Crippen molar-refractivity contribution in [1.82, 2.24) is 9.46 Å². The van der Waals surface area contributed by atoms with Crippen LogP contribution in [0.25, 0.3) is 0 Å². The largest absolute Gasteiger partial charge is 0.494 e. The van der Waals surface area contributed by atoms with Gasteiger partial charge >= 0.3 is 0 Å². The molecule has 0 saturated carbocycles. The molecule has 3 rings (SSSR count). The first-order valence-corrected chi connectivity index (χ1v) is 10.3. The number of aromatic nitrogens is 1. The maximum absolute atomic E-state index is 13.1. The van der Waals surface area contributed by atoms with Crippen LogP contribution in [0.4, 0.5) is 5.69 Å². The molecule has 2 heterocycles. The number of aryl methyl sites for hydroxylation is 2. The minimum absolute atomic E-state index is 0.0447. The number of anilines is 1. The van der Waals surface area contributed by atoms with E-state index in [0.29, 0.717) is 36.6 Å². The number of rotatable bonds is 6. The Kier molecular flexibility index (Phi) is 5.52. The van der Waals surface area contributed by atoms with Gasteiger partial charge in [0.25, 0.3) is 0 Å². The summed E-state index contributed by atoms with van der Waals surface area (Å²) in [6, 6.07) is 6.20. The third kappa shape index (κ3) is 3.84. The highest BCUT2D eigenvalue weighted by molar-refractivity contribution is 7.89. The summed E-state index contributed by atoms with van der Waals surface area (Å²) < 4.78 is 37.7. The second-order valence-corrected chi connectivity index (χ2v) is 8.20. The predicted octanol–water partition coefficient (Wildman–Crippen LogP) is 2.48. The van der Waals surface area contributed by atoms with E-state index in [1.165, 1.54) is 4.31 Å². The average molecular weight is 393 g/mol. The Morgan fingerprint density at radius 2 is 2.04 bits per heavy atom. The van der Waals surface area contributed by atoms with Gasteiger partial charge in [-0.15, -0.1) is 0 Å². The molecule has 0 unspecified atom stereocenters. The highest BCUT2D eigenvalue weighted by Crippen LogP contribution is 2.30. The smallest absolute Gasteiger partial charge is 0.249 e. The van der Waals surface area contributed by atoms with Gasteiger partial charge in [-0.3, -0.25) is 4.79 Å². The Balaban J connectivity index is 1.78. The van der Waals surface area contributed by atoms with Crippen LogP contribution in [0.3, 0.4) is 0 Å². The summed E-state index contributed by atoms with van der Waals surface area (Å²) in [6.45, 7) is 5.87. The Morgan fingerprint density at radius 1 is 1.33 bits per heavy atom. The number of carbonyl (C=O) groups is 1. The van der Waals surface area contributed by atoms with Crippen molar-refractivity contribution in [2.24, 2.45) is 0 Å². The van der Waals surface area contributed by atoms with Crippen molar-refractivity contribution in [2.45, 2.75) is 44.6 Å². The molecule has 1 aliphatic heterocycles. The van der Waals surface area contributed by atoms with Gasteiger partial charge in [0.15, 0.2) is 5.76 Å². The maximum Gasteiger partial charge on any atom is 0.249 e. The van der Waals surface area contributed by atoms with Crippen LogP contribution in [-0.4, -0.2) is 43.0 Å². The van der Waals surface area contributed by atoms with Crippen molar-refractivity contribution in [3.05, 3.63) is 35.7 Å². The summed E-state index contributed by atoms with van der Waals surface area (Å²) in [6.07, 6.45) is 1.08. The van der Waals surface area contributed by atoms with Gasteiger partial charge in [-0.2, -0.15) is 4.31 Å². The lowest BCUT2D eigenvalue weighted by atomic mass is 10.2. The molecule has 1 N–H and O–H groups in total. The van der Waals surface area contributed by atoms with Crippen LogP contribution in [0.15, 0.2) is 33.7 Å². The second kappa shape index (κ2) is 7.69. The summed E-state index contributed by atoms with van der Waals surface area (Å²) in [5.41, 5.74) is 0.884. The molecule has 1 fully saturated rings. The highest BCUT2D eigenvalue weighted by atomic mass is 32.2. The Hall–Kier alpha value is -2.39. The molecule has 0 aliphatic carbocycles. The minimum atomic E-state index is -3.86. The minimum Gasteiger partial charge on any atom is -0.494 e. The SMILES string of the molecule is CCOc1ccc(NC(=O)[C@H]2CCCN2S(=O)(=O)c2c(C)noc2C)cc1.